The second-order valence-corrected chi connectivity index (χ2v) is 5.43. The lowest BCUT2D eigenvalue weighted by Crippen LogP contribution is -2.13. The molecule has 2 nitrogen and oxygen atoms in total. The van der Waals surface area contributed by atoms with E-state index in [0.29, 0.717) is 5.56 Å². The first-order valence-electron chi connectivity index (χ1n) is 7.25. The SMILES string of the molecule is CN(C)CCCc1cccc(OCc2ccccc2F)c1. The number of ether oxygens (including phenoxy) is 1. The number of nitrogens with zero attached hydrogens (tertiary/aromatic N) is 1. The van der Waals surface area contributed by atoms with Gasteiger partial charge < -0.3 is 9.64 Å². The zero-order chi connectivity index (χ0) is 15.1. The van der Waals surface area contributed by atoms with Crippen LogP contribution in [0.3, 0.4) is 0 Å². The molecule has 0 atom stereocenters. The molecule has 0 saturated heterocycles. The summed E-state index contributed by atoms with van der Waals surface area (Å²) in [5.41, 5.74) is 1.83. The molecule has 0 aliphatic heterocycles. The lowest BCUT2D eigenvalue weighted by molar-refractivity contribution is 0.299. The van der Waals surface area contributed by atoms with Gasteiger partial charge in [0.15, 0.2) is 0 Å². The Kier molecular flexibility index (Phi) is 5.76. The van der Waals surface area contributed by atoms with Gasteiger partial charge in [0, 0.05) is 5.56 Å². The molecule has 0 fully saturated rings. The fraction of sp³-hybridized carbons (Fsp3) is 0.333. The highest BCUT2D eigenvalue weighted by Crippen LogP contribution is 2.17. The van der Waals surface area contributed by atoms with Crippen LogP contribution in [0.2, 0.25) is 0 Å². The lowest BCUT2D eigenvalue weighted by Gasteiger charge is -2.11. The largest absolute Gasteiger partial charge is 0.489 e. The Morgan fingerprint density at radius 3 is 2.62 bits per heavy atom. The van der Waals surface area contributed by atoms with Crippen molar-refractivity contribution < 1.29 is 9.13 Å². The third-order valence-corrected chi connectivity index (χ3v) is 3.32. The maximum Gasteiger partial charge on any atom is 0.129 e. The van der Waals surface area contributed by atoms with Crippen LogP contribution in [0.5, 0.6) is 5.75 Å². The summed E-state index contributed by atoms with van der Waals surface area (Å²) in [6, 6.07) is 14.7. The van der Waals surface area contributed by atoms with Crippen LogP contribution < -0.4 is 4.74 Å². The average molecular weight is 287 g/mol. The summed E-state index contributed by atoms with van der Waals surface area (Å²) in [5, 5.41) is 0. The van der Waals surface area contributed by atoms with Gasteiger partial charge in [0.2, 0.25) is 0 Å². The molecule has 0 radical (unpaired) electrons. The summed E-state index contributed by atoms with van der Waals surface area (Å²) in [6.45, 7) is 1.33. The predicted octanol–water partition coefficient (Wildman–Crippen LogP) is 3.90. The second kappa shape index (κ2) is 7.79. The molecule has 0 spiro atoms. The van der Waals surface area contributed by atoms with E-state index in [1.807, 2.05) is 24.3 Å². The zero-order valence-corrected chi connectivity index (χ0v) is 12.7. The Morgan fingerprint density at radius 2 is 1.86 bits per heavy atom. The summed E-state index contributed by atoms with van der Waals surface area (Å²) in [6.07, 6.45) is 2.14. The third-order valence-electron chi connectivity index (χ3n) is 3.32. The van der Waals surface area contributed by atoms with Crippen molar-refractivity contribution in [3.63, 3.8) is 0 Å². The summed E-state index contributed by atoms with van der Waals surface area (Å²) in [7, 11) is 4.15. The first kappa shape index (κ1) is 15.5. The molecule has 0 aliphatic rings. The normalized spacial score (nSPS) is 10.9. The van der Waals surface area contributed by atoms with Gasteiger partial charge in [-0.3, -0.25) is 0 Å². The van der Waals surface area contributed by atoms with Gasteiger partial charge in [-0.15, -0.1) is 0 Å². The van der Waals surface area contributed by atoms with Crippen molar-refractivity contribution in [3.8, 4) is 5.75 Å². The highest BCUT2D eigenvalue weighted by atomic mass is 19.1. The van der Waals surface area contributed by atoms with E-state index in [-0.39, 0.29) is 12.4 Å². The van der Waals surface area contributed by atoms with E-state index >= 15 is 0 Å². The summed E-state index contributed by atoms with van der Waals surface area (Å²) in [4.78, 5) is 2.18. The molecule has 2 aromatic rings. The molecule has 3 heteroatoms. The van der Waals surface area contributed by atoms with Gasteiger partial charge in [0.1, 0.15) is 18.2 Å². The molecule has 21 heavy (non-hydrogen) atoms. The van der Waals surface area contributed by atoms with E-state index in [0.717, 1.165) is 25.1 Å². The average Bonchev–Trinajstić information content (AvgIpc) is 2.46. The van der Waals surface area contributed by atoms with E-state index in [2.05, 4.69) is 25.1 Å². The number of rotatable bonds is 7. The molecule has 0 bridgehead atoms. The Balaban J connectivity index is 1.90. The van der Waals surface area contributed by atoms with Gasteiger partial charge >= 0.3 is 0 Å². The monoisotopic (exact) mass is 287 g/mol. The Labute approximate surface area is 126 Å². The van der Waals surface area contributed by atoms with Crippen LogP contribution in [0.25, 0.3) is 0 Å². The summed E-state index contributed by atoms with van der Waals surface area (Å²) >= 11 is 0. The first-order chi connectivity index (χ1) is 10.1. The van der Waals surface area contributed by atoms with Crippen LogP contribution in [0.1, 0.15) is 17.5 Å². The van der Waals surface area contributed by atoms with E-state index in [4.69, 9.17) is 4.74 Å². The van der Waals surface area contributed by atoms with Gasteiger partial charge in [0.25, 0.3) is 0 Å². The van der Waals surface area contributed by atoms with E-state index < -0.39 is 0 Å². The minimum atomic E-state index is -0.223. The number of hydrogen-bond donors (Lipinski definition) is 0. The van der Waals surface area contributed by atoms with Crippen molar-refractivity contribution in [1.29, 1.82) is 0 Å². The van der Waals surface area contributed by atoms with Crippen LogP contribution in [0, 0.1) is 5.82 Å². The van der Waals surface area contributed by atoms with Crippen molar-refractivity contribution in [2.75, 3.05) is 20.6 Å². The third kappa shape index (κ3) is 5.20. The number of hydrogen-bond acceptors (Lipinski definition) is 2. The molecule has 0 aliphatic carbocycles. The fourth-order valence-electron chi connectivity index (χ4n) is 2.17. The molecule has 0 unspecified atom stereocenters. The van der Waals surface area contributed by atoms with E-state index in [1.165, 1.54) is 11.6 Å². The van der Waals surface area contributed by atoms with Gasteiger partial charge in [0.05, 0.1) is 0 Å². The summed E-state index contributed by atoms with van der Waals surface area (Å²) in [5.74, 6) is 0.570. The molecular weight excluding hydrogens is 265 g/mol. The predicted molar refractivity (Wildman–Crippen MR) is 84.0 cm³/mol. The van der Waals surface area contributed by atoms with Crippen LogP contribution in [-0.4, -0.2) is 25.5 Å². The molecule has 112 valence electrons. The molecule has 2 rings (SSSR count). The molecule has 0 N–H and O–H groups in total. The van der Waals surface area contributed by atoms with Crippen LogP contribution >= 0.6 is 0 Å². The van der Waals surface area contributed by atoms with Crippen molar-refractivity contribution in [3.05, 3.63) is 65.5 Å². The number of halogens is 1. The first-order valence-corrected chi connectivity index (χ1v) is 7.25. The standard InChI is InChI=1S/C18H22FNO/c1-20(2)12-6-8-15-7-5-10-17(13-15)21-14-16-9-3-4-11-18(16)19/h3-5,7,9-11,13H,6,8,12,14H2,1-2H3. The van der Waals surface area contributed by atoms with E-state index in [9.17, 15) is 4.39 Å². The second-order valence-electron chi connectivity index (χ2n) is 5.43. The highest BCUT2D eigenvalue weighted by Gasteiger charge is 2.03. The Morgan fingerprint density at radius 1 is 1.05 bits per heavy atom. The molecule has 0 saturated carbocycles. The molecule has 0 amide bonds. The molecule has 0 heterocycles. The summed E-state index contributed by atoms with van der Waals surface area (Å²) < 4.78 is 19.2. The van der Waals surface area contributed by atoms with Crippen molar-refractivity contribution in [2.45, 2.75) is 19.4 Å². The van der Waals surface area contributed by atoms with Crippen molar-refractivity contribution >= 4 is 0 Å². The maximum atomic E-state index is 13.5. The minimum Gasteiger partial charge on any atom is -0.489 e. The fourth-order valence-corrected chi connectivity index (χ4v) is 2.17. The van der Waals surface area contributed by atoms with Gasteiger partial charge in [-0.25, -0.2) is 4.39 Å². The Hall–Kier alpha value is -1.87. The van der Waals surface area contributed by atoms with Gasteiger partial charge in [-0.2, -0.15) is 0 Å². The minimum absolute atomic E-state index is 0.223. The topological polar surface area (TPSA) is 12.5 Å². The van der Waals surface area contributed by atoms with Gasteiger partial charge in [-0.05, 0) is 57.2 Å². The van der Waals surface area contributed by atoms with Gasteiger partial charge in [-0.1, -0.05) is 30.3 Å². The zero-order valence-electron chi connectivity index (χ0n) is 12.7. The molecule has 0 aromatic heterocycles. The maximum absolute atomic E-state index is 13.5. The molecular formula is C18H22FNO. The van der Waals surface area contributed by atoms with Crippen molar-refractivity contribution in [1.82, 2.24) is 4.90 Å². The Bertz CT molecular complexity index is 569. The van der Waals surface area contributed by atoms with Crippen LogP contribution in [-0.2, 0) is 13.0 Å². The van der Waals surface area contributed by atoms with Crippen molar-refractivity contribution in [2.24, 2.45) is 0 Å². The smallest absolute Gasteiger partial charge is 0.129 e. The number of aryl methyl sites for hydroxylation is 1. The quantitative estimate of drug-likeness (QED) is 0.766. The number of benzene rings is 2. The van der Waals surface area contributed by atoms with Crippen LogP contribution in [0.4, 0.5) is 4.39 Å². The van der Waals surface area contributed by atoms with Crippen LogP contribution in [0.15, 0.2) is 48.5 Å². The highest BCUT2D eigenvalue weighted by molar-refractivity contribution is 5.29. The molecule has 2 aromatic carbocycles. The lowest BCUT2D eigenvalue weighted by atomic mass is 10.1. The van der Waals surface area contributed by atoms with E-state index in [1.54, 1.807) is 12.1 Å².